The highest BCUT2D eigenvalue weighted by molar-refractivity contribution is 6.02. The molecule has 3 rings (SSSR count). The van der Waals surface area contributed by atoms with Gasteiger partial charge >= 0.3 is 0 Å². The summed E-state index contributed by atoms with van der Waals surface area (Å²) in [5.41, 5.74) is 3.92. The lowest BCUT2D eigenvalue weighted by Crippen LogP contribution is -2.34. The number of para-hydroxylation sites is 1. The number of rotatable bonds is 7. The number of carbonyl (C=O) groups is 1. The first kappa shape index (κ1) is 18.9. The molecule has 0 N–H and O–H groups in total. The number of carbonyl (C=O) groups excluding carboxylic acids is 1. The minimum Gasteiger partial charge on any atom is -0.497 e. The maximum Gasteiger partial charge on any atom is 0.250 e. The maximum absolute atomic E-state index is 13.1. The first-order valence-corrected chi connectivity index (χ1v) is 9.45. The number of ether oxygens (including phenoxy) is 1. The van der Waals surface area contributed by atoms with Gasteiger partial charge in [-0.05, 0) is 42.7 Å². The number of aliphatic imine (C=N–C) groups is 1. The summed E-state index contributed by atoms with van der Waals surface area (Å²) in [6.45, 7) is 3.56. The van der Waals surface area contributed by atoms with Crippen molar-refractivity contribution in [2.24, 2.45) is 4.99 Å². The topological polar surface area (TPSA) is 41.9 Å². The number of methoxy groups -OCH3 is 1. The van der Waals surface area contributed by atoms with E-state index in [-0.39, 0.29) is 5.91 Å². The summed E-state index contributed by atoms with van der Waals surface area (Å²) in [5.74, 6) is 0.954. The Bertz CT molecular complexity index is 838. The van der Waals surface area contributed by atoms with Crippen molar-refractivity contribution in [1.82, 2.24) is 4.90 Å². The fourth-order valence-corrected chi connectivity index (χ4v) is 3.21. The Balaban J connectivity index is 1.73. The number of amides is 1. The van der Waals surface area contributed by atoms with E-state index < -0.39 is 0 Å². The van der Waals surface area contributed by atoms with Crippen LogP contribution in [0, 0.1) is 0 Å². The standard InChI is InChI=1S/C23H26N2O2/c1-3-15-25(16-13-18-8-10-21(27-2)11-9-18)23(26)20-12-14-24-22-7-5-4-6-19(22)17-20/h4-11,14,17H,3,12-13,15-16H2,1-2H3. The molecule has 0 bridgehead atoms. The highest BCUT2D eigenvalue weighted by atomic mass is 16.5. The lowest BCUT2D eigenvalue weighted by atomic mass is 10.1. The van der Waals surface area contributed by atoms with Crippen LogP contribution in [0.5, 0.6) is 5.75 Å². The molecule has 1 heterocycles. The van der Waals surface area contributed by atoms with Gasteiger partial charge in [-0.1, -0.05) is 37.3 Å². The number of fused-ring (bicyclic) bond motifs is 1. The van der Waals surface area contributed by atoms with Crippen LogP contribution >= 0.6 is 0 Å². The summed E-state index contributed by atoms with van der Waals surface area (Å²) in [4.78, 5) is 19.6. The molecule has 0 saturated carbocycles. The average Bonchev–Trinajstić information content (AvgIpc) is 2.93. The molecule has 0 fully saturated rings. The quantitative estimate of drug-likeness (QED) is 0.718. The van der Waals surface area contributed by atoms with Gasteiger partial charge < -0.3 is 9.64 Å². The van der Waals surface area contributed by atoms with Gasteiger partial charge in [-0.2, -0.15) is 0 Å². The molecule has 0 aromatic heterocycles. The molecule has 0 radical (unpaired) electrons. The first-order valence-electron chi connectivity index (χ1n) is 9.45. The van der Waals surface area contributed by atoms with E-state index in [4.69, 9.17) is 4.74 Å². The van der Waals surface area contributed by atoms with Crippen LogP contribution in [-0.2, 0) is 11.2 Å². The van der Waals surface area contributed by atoms with Gasteiger partial charge in [0.2, 0.25) is 5.91 Å². The predicted molar refractivity (Wildman–Crippen MR) is 111 cm³/mol. The Hall–Kier alpha value is -2.88. The number of nitrogens with zero attached hydrogens (tertiary/aromatic N) is 2. The van der Waals surface area contributed by atoms with Crippen molar-refractivity contribution in [3.63, 3.8) is 0 Å². The second-order valence-electron chi connectivity index (χ2n) is 6.63. The Morgan fingerprint density at radius 1 is 1.11 bits per heavy atom. The zero-order valence-corrected chi connectivity index (χ0v) is 16.0. The molecular formula is C23H26N2O2. The third-order valence-electron chi connectivity index (χ3n) is 4.69. The zero-order valence-electron chi connectivity index (χ0n) is 16.0. The van der Waals surface area contributed by atoms with Crippen LogP contribution in [-0.4, -0.2) is 37.2 Å². The molecule has 140 valence electrons. The van der Waals surface area contributed by atoms with Gasteiger partial charge in [-0.15, -0.1) is 0 Å². The minimum absolute atomic E-state index is 0.105. The summed E-state index contributed by atoms with van der Waals surface area (Å²) in [7, 11) is 1.67. The predicted octanol–water partition coefficient (Wildman–Crippen LogP) is 4.67. The van der Waals surface area contributed by atoms with Crippen molar-refractivity contribution in [3.8, 4) is 5.75 Å². The minimum atomic E-state index is 0.105. The van der Waals surface area contributed by atoms with E-state index in [1.54, 1.807) is 7.11 Å². The fourth-order valence-electron chi connectivity index (χ4n) is 3.21. The molecular weight excluding hydrogens is 336 g/mol. The SMILES string of the molecule is CCCN(CCc1ccc(OC)cc1)C(=O)C1=Cc2ccccc2N=CC1. The highest BCUT2D eigenvalue weighted by Gasteiger charge is 2.18. The van der Waals surface area contributed by atoms with E-state index in [9.17, 15) is 4.79 Å². The monoisotopic (exact) mass is 362 g/mol. The van der Waals surface area contributed by atoms with Gasteiger partial charge in [-0.3, -0.25) is 9.79 Å². The van der Waals surface area contributed by atoms with Gasteiger partial charge in [0.15, 0.2) is 0 Å². The van der Waals surface area contributed by atoms with Crippen molar-refractivity contribution in [2.45, 2.75) is 26.2 Å². The molecule has 1 aliphatic rings. The van der Waals surface area contributed by atoms with E-state index in [2.05, 4.69) is 24.0 Å². The number of hydrogen-bond donors (Lipinski definition) is 0. The van der Waals surface area contributed by atoms with Gasteiger partial charge in [-0.25, -0.2) is 0 Å². The Labute approximate surface area is 161 Å². The third-order valence-corrected chi connectivity index (χ3v) is 4.69. The molecule has 1 amide bonds. The van der Waals surface area contributed by atoms with Crippen molar-refractivity contribution < 1.29 is 9.53 Å². The molecule has 0 atom stereocenters. The van der Waals surface area contributed by atoms with Gasteiger partial charge in [0.1, 0.15) is 5.75 Å². The first-order chi connectivity index (χ1) is 13.2. The van der Waals surface area contributed by atoms with E-state index in [0.29, 0.717) is 13.0 Å². The molecule has 0 unspecified atom stereocenters. The van der Waals surface area contributed by atoms with Gasteiger partial charge in [0.25, 0.3) is 0 Å². The van der Waals surface area contributed by atoms with Crippen LogP contribution in [0.15, 0.2) is 59.1 Å². The van der Waals surface area contributed by atoms with Crippen LogP contribution in [0.4, 0.5) is 5.69 Å². The summed E-state index contributed by atoms with van der Waals surface area (Å²) >= 11 is 0. The van der Waals surface area contributed by atoms with Crippen LogP contribution in [0.25, 0.3) is 6.08 Å². The summed E-state index contributed by atoms with van der Waals surface area (Å²) in [6, 6.07) is 16.0. The average molecular weight is 362 g/mol. The molecule has 4 heteroatoms. The van der Waals surface area contributed by atoms with Gasteiger partial charge in [0, 0.05) is 36.9 Å². The smallest absolute Gasteiger partial charge is 0.250 e. The van der Waals surface area contributed by atoms with Crippen molar-refractivity contribution in [2.75, 3.05) is 20.2 Å². The molecule has 2 aromatic rings. The molecule has 0 saturated heterocycles. The van der Waals surface area contributed by atoms with E-state index in [0.717, 1.165) is 42.0 Å². The van der Waals surface area contributed by atoms with Crippen LogP contribution < -0.4 is 4.74 Å². The van der Waals surface area contributed by atoms with E-state index >= 15 is 0 Å². The highest BCUT2D eigenvalue weighted by Crippen LogP contribution is 2.25. The largest absolute Gasteiger partial charge is 0.497 e. The Morgan fingerprint density at radius 3 is 2.63 bits per heavy atom. The summed E-state index contributed by atoms with van der Waals surface area (Å²) in [5, 5.41) is 0. The van der Waals surface area contributed by atoms with Crippen LogP contribution in [0.2, 0.25) is 0 Å². The summed E-state index contributed by atoms with van der Waals surface area (Å²) in [6.07, 6.45) is 6.15. The van der Waals surface area contributed by atoms with Gasteiger partial charge in [0.05, 0.1) is 12.8 Å². The van der Waals surface area contributed by atoms with Crippen molar-refractivity contribution >= 4 is 23.9 Å². The summed E-state index contributed by atoms with van der Waals surface area (Å²) < 4.78 is 5.21. The number of benzene rings is 2. The molecule has 0 spiro atoms. The molecule has 0 aliphatic carbocycles. The molecule has 27 heavy (non-hydrogen) atoms. The van der Waals surface area contributed by atoms with E-state index in [1.165, 1.54) is 5.56 Å². The Morgan fingerprint density at radius 2 is 1.89 bits per heavy atom. The normalized spacial score (nSPS) is 12.7. The lowest BCUT2D eigenvalue weighted by molar-refractivity contribution is -0.127. The molecule has 4 nitrogen and oxygen atoms in total. The second kappa shape index (κ2) is 9.17. The van der Waals surface area contributed by atoms with E-state index in [1.807, 2.05) is 53.6 Å². The molecule has 2 aromatic carbocycles. The molecule has 1 aliphatic heterocycles. The zero-order chi connectivity index (χ0) is 19.1. The van der Waals surface area contributed by atoms with Crippen molar-refractivity contribution in [3.05, 3.63) is 65.2 Å². The maximum atomic E-state index is 13.1. The van der Waals surface area contributed by atoms with Crippen LogP contribution in [0.1, 0.15) is 30.9 Å². The van der Waals surface area contributed by atoms with Crippen LogP contribution in [0.3, 0.4) is 0 Å². The lowest BCUT2D eigenvalue weighted by Gasteiger charge is -2.23. The number of hydrogen-bond acceptors (Lipinski definition) is 3. The Kier molecular flexibility index (Phi) is 6.42. The second-order valence-corrected chi connectivity index (χ2v) is 6.63. The third kappa shape index (κ3) is 4.85. The van der Waals surface area contributed by atoms with Crippen molar-refractivity contribution in [1.29, 1.82) is 0 Å². The fraction of sp³-hybridized carbons (Fsp3) is 0.304.